The summed E-state index contributed by atoms with van der Waals surface area (Å²) >= 11 is 0. The van der Waals surface area contributed by atoms with Crippen molar-refractivity contribution in [1.82, 2.24) is 5.32 Å². The number of azo groups is 1. The van der Waals surface area contributed by atoms with Gasteiger partial charge in [0.1, 0.15) is 0 Å². The summed E-state index contributed by atoms with van der Waals surface area (Å²) in [5, 5.41) is 11.9. The molecule has 1 aromatic rings. The summed E-state index contributed by atoms with van der Waals surface area (Å²) in [6.07, 6.45) is 3.83. The molecule has 0 spiro atoms. The Kier molecular flexibility index (Phi) is 5.00. The molecule has 2 aliphatic heterocycles. The quantitative estimate of drug-likeness (QED) is 0.752. The molecule has 1 aromatic carbocycles. The smallest absolute Gasteiger partial charge is 0.178 e. The summed E-state index contributed by atoms with van der Waals surface area (Å²) in [5.74, 6) is 0.220. The minimum atomic E-state index is -3.37. The summed E-state index contributed by atoms with van der Waals surface area (Å²) < 4.78 is 25.6. The molecule has 0 bridgehead atoms. The van der Waals surface area contributed by atoms with Gasteiger partial charge in [-0.2, -0.15) is 10.2 Å². The van der Waals surface area contributed by atoms with Gasteiger partial charge in [-0.1, -0.05) is 39.8 Å². The second kappa shape index (κ2) is 7.15. The molecule has 2 atom stereocenters. The van der Waals surface area contributed by atoms with E-state index in [2.05, 4.69) is 29.4 Å². The van der Waals surface area contributed by atoms with Crippen molar-refractivity contribution < 1.29 is 13.2 Å². The maximum absolute atomic E-state index is 13.5. The third-order valence-electron chi connectivity index (χ3n) is 6.47. The Labute approximate surface area is 178 Å². The number of benzene rings is 1. The van der Waals surface area contributed by atoms with Gasteiger partial charge in [-0.05, 0) is 42.4 Å². The van der Waals surface area contributed by atoms with Gasteiger partial charge >= 0.3 is 0 Å². The Bertz CT molecular complexity index is 1100. The first-order chi connectivity index (χ1) is 14.1. The monoisotopic (exact) mass is 427 g/mol. The minimum Gasteiger partial charge on any atom is -0.362 e. The Hall–Kier alpha value is -2.28. The number of allylic oxidation sites excluding steroid dienone is 2. The first-order valence-electron chi connectivity index (χ1n) is 10.6. The molecule has 6 nitrogen and oxygen atoms in total. The molecule has 4 rings (SSSR count). The molecule has 2 heterocycles. The van der Waals surface area contributed by atoms with Crippen LogP contribution in [0.5, 0.6) is 0 Å². The van der Waals surface area contributed by atoms with Crippen molar-refractivity contribution in [2.24, 2.45) is 15.6 Å². The van der Waals surface area contributed by atoms with Crippen molar-refractivity contribution in [2.75, 3.05) is 5.75 Å². The highest BCUT2D eigenvalue weighted by molar-refractivity contribution is 7.91. The van der Waals surface area contributed by atoms with Crippen LogP contribution in [0.25, 0.3) is 0 Å². The third-order valence-corrected chi connectivity index (χ3v) is 8.39. The molecule has 0 saturated carbocycles. The Morgan fingerprint density at radius 1 is 1.20 bits per heavy atom. The van der Waals surface area contributed by atoms with E-state index in [0.717, 1.165) is 28.8 Å². The molecule has 1 aliphatic carbocycles. The maximum Gasteiger partial charge on any atom is 0.178 e. The summed E-state index contributed by atoms with van der Waals surface area (Å²) in [4.78, 5) is 13.8. The summed E-state index contributed by atoms with van der Waals surface area (Å²) in [7, 11) is -3.37. The van der Waals surface area contributed by atoms with Gasteiger partial charge in [-0.3, -0.25) is 4.79 Å². The number of sulfone groups is 1. The van der Waals surface area contributed by atoms with Gasteiger partial charge in [-0.25, -0.2) is 8.42 Å². The topological polar surface area (TPSA) is 88.0 Å². The fourth-order valence-corrected chi connectivity index (χ4v) is 6.60. The lowest BCUT2D eigenvalue weighted by atomic mass is 9.59. The average Bonchev–Trinajstić information content (AvgIpc) is 3.14. The molecule has 0 fully saturated rings. The predicted octanol–water partition coefficient (Wildman–Crippen LogP) is 4.44. The summed E-state index contributed by atoms with van der Waals surface area (Å²) in [5.41, 5.74) is 2.56. The van der Waals surface area contributed by atoms with Crippen molar-refractivity contribution in [3.05, 3.63) is 52.9 Å². The molecular weight excluding hydrogens is 398 g/mol. The van der Waals surface area contributed by atoms with Crippen LogP contribution in [-0.2, 0) is 20.0 Å². The number of nitrogens with one attached hydrogen (secondary N) is 1. The SMILES string of the molecule is CCCS(=O)(=O)c1cccc([C@@]2(CC)C3=CN=NC3NC3=C2C(=O)CC(C)(C)C3)c1. The van der Waals surface area contributed by atoms with E-state index in [1.54, 1.807) is 24.4 Å². The number of carbonyl (C=O) groups excluding carboxylic acids is 1. The Balaban J connectivity index is 1.96. The highest BCUT2D eigenvalue weighted by atomic mass is 32.2. The highest BCUT2D eigenvalue weighted by Gasteiger charge is 2.53. The third kappa shape index (κ3) is 3.14. The number of fused-ring (bicyclic) bond motifs is 1. The van der Waals surface area contributed by atoms with Gasteiger partial charge in [0.25, 0.3) is 0 Å². The first kappa shape index (κ1) is 21.0. The zero-order valence-electron chi connectivity index (χ0n) is 18.0. The lowest BCUT2D eigenvalue weighted by Gasteiger charge is -2.47. The standard InChI is InChI=1S/C23H29N3O3S/c1-5-10-30(28,29)16-9-7-8-15(11-16)23(6-2)17-14-24-26-21(17)25-18-12-22(3,4)13-19(27)20(18)23/h7-9,11,14,21,25H,5-6,10,12-13H2,1-4H3/t21?,23-/m0/s1. The Morgan fingerprint density at radius 2 is 1.97 bits per heavy atom. The normalized spacial score (nSPS) is 27.4. The molecule has 1 unspecified atom stereocenters. The second-order valence-electron chi connectivity index (χ2n) is 9.26. The number of hydrogen-bond donors (Lipinski definition) is 1. The molecule has 7 heteroatoms. The number of nitrogens with zero attached hydrogens (tertiary/aromatic N) is 2. The molecule has 0 aromatic heterocycles. The summed E-state index contributed by atoms with van der Waals surface area (Å²) in [6, 6.07) is 7.13. The lowest BCUT2D eigenvalue weighted by Crippen LogP contribution is -2.51. The second-order valence-corrected chi connectivity index (χ2v) is 11.4. The van der Waals surface area contributed by atoms with Crippen LogP contribution < -0.4 is 5.32 Å². The molecular formula is C23H29N3O3S. The molecule has 1 N–H and O–H groups in total. The number of hydrogen-bond acceptors (Lipinski definition) is 6. The molecule has 0 saturated heterocycles. The van der Waals surface area contributed by atoms with Gasteiger partial charge in [0.2, 0.25) is 0 Å². The van der Waals surface area contributed by atoms with Crippen molar-refractivity contribution in [3.63, 3.8) is 0 Å². The van der Waals surface area contributed by atoms with E-state index in [1.165, 1.54) is 0 Å². The van der Waals surface area contributed by atoms with Crippen LogP contribution in [0.4, 0.5) is 0 Å². The molecule has 0 radical (unpaired) electrons. The lowest BCUT2D eigenvalue weighted by molar-refractivity contribution is -0.119. The van der Waals surface area contributed by atoms with Crippen LogP contribution in [0.3, 0.4) is 0 Å². The van der Waals surface area contributed by atoms with Crippen LogP contribution in [0.2, 0.25) is 0 Å². The van der Waals surface area contributed by atoms with Crippen LogP contribution >= 0.6 is 0 Å². The zero-order valence-corrected chi connectivity index (χ0v) is 18.8. The van der Waals surface area contributed by atoms with Crippen LogP contribution in [0, 0.1) is 5.41 Å². The van der Waals surface area contributed by atoms with Crippen LogP contribution in [0.15, 0.2) is 62.4 Å². The van der Waals surface area contributed by atoms with E-state index < -0.39 is 15.3 Å². The van der Waals surface area contributed by atoms with Gasteiger partial charge in [-0.15, -0.1) is 0 Å². The fourth-order valence-electron chi connectivity index (χ4n) is 5.23. The van der Waals surface area contributed by atoms with Crippen molar-refractivity contribution in [1.29, 1.82) is 0 Å². The van der Waals surface area contributed by atoms with E-state index in [9.17, 15) is 13.2 Å². The van der Waals surface area contributed by atoms with E-state index >= 15 is 0 Å². The van der Waals surface area contributed by atoms with E-state index in [4.69, 9.17) is 0 Å². The first-order valence-corrected chi connectivity index (χ1v) is 12.3. The zero-order chi connectivity index (χ0) is 21.7. The van der Waals surface area contributed by atoms with E-state index in [-0.39, 0.29) is 23.1 Å². The molecule has 0 amide bonds. The number of carbonyl (C=O) groups is 1. The molecule has 30 heavy (non-hydrogen) atoms. The number of rotatable bonds is 5. The van der Waals surface area contributed by atoms with Crippen molar-refractivity contribution in [3.8, 4) is 0 Å². The van der Waals surface area contributed by atoms with Crippen LogP contribution in [-0.4, -0.2) is 26.1 Å². The van der Waals surface area contributed by atoms with Gasteiger partial charge < -0.3 is 5.32 Å². The largest absolute Gasteiger partial charge is 0.362 e. The number of ketones is 1. The average molecular weight is 428 g/mol. The number of Topliss-reactive ketones (excluding diaryl/α,β-unsaturated/α-hetero) is 1. The predicted molar refractivity (Wildman–Crippen MR) is 116 cm³/mol. The maximum atomic E-state index is 13.5. The van der Waals surface area contributed by atoms with E-state index in [0.29, 0.717) is 24.2 Å². The van der Waals surface area contributed by atoms with Gasteiger partial charge in [0.05, 0.1) is 22.3 Å². The Morgan fingerprint density at radius 3 is 2.67 bits per heavy atom. The minimum absolute atomic E-state index is 0.105. The van der Waals surface area contributed by atoms with Crippen LogP contribution in [0.1, 0.15) is 58.9 Å². The van der Waals surface area contributed by atoms with E-state index in [1.807, 2.05) is 19.9 Å². The molecule has 160 valence electrons. The van der Waals surface area contributed by atoms with Crippen molar-refractivity contribution in [2.45, 2.75) is 69.9 Å². The molecule has 3 aliphatic rings. The highest BCUT2D eigenvalue weighted by Crippen LogP contribution is 2.53. The fraction of sp³-hybridized carbons (Fsp3) is 0.522. The van der Waals surface area contributed by atoms with Crippen molar-refractivity contribution >= 4 is 15.6 Å². The van der Waals surface area contributed by atoms with Gasteiger partial charge in [0.15, 0.2) is 21.8 Å². The summed E-state index contributed by atoms with van der Waals surface area (Å²) in [6.45, 7) is 8.11. The van der Waals surface area contributed by atoms with Gasteiger partial charge in [0, 0.05) is 23.3 Å².